The van der Waals surface area contributed by atoms with Gasteiger partial charge in [0.1, 0.15) is 12.4 Å². The molecule has 11 nitrogen and oxygen atoms in total. The van der Waals surface area contributed by atoms with Gasteiger partial charge >= 0.3 is 12.0 Å². The van der Waals surface area contributed by atoms with Gasteiger partial charge < -0.3 is 29.6 Å². The molecule has 0 saturated carbocycles. The van der Waals surface area contributed by atoms with E-state index >= 15 is 0 Å². The van der Waals surface area contributed by atoms with Crippen LogP contribution in [0.2, 0.25) is 0 Å². The predicted molar refractivity (Wildman–Crippen MR) is 159 cm³/mol. The fraction of sp³-hybridized carbons (Fsp3) is 0.259. The number of methoxy groups -OCH3 is 1. The van der Waals surface area contributed by atoms with Crippen LogP contribution < -0.4 is 30.3 Å². The number of nitrogens with zero attached hydrogens (tertiary/aromatic N) is 1. The highest BCUT2D eigenvalue weighted by molar-refractivity contribution is 14.1. The molecule has 0 radical (unpaired) electrons. The number of ether oxygens (including phenoxy) is 4. The Morgan fingerprint density at radius 1 is 1.25 bits per heavy atom. The Balaban J connectivity index is 1.66. The highest BCUT2D eigenvalue weighted by atomic mass is 127. The lowest BCUT2D eigenvalue weighted by Gasteiger charge is -2.28. The van der Waals surface area contributed by atoms with Crippen molar-refractivity contribution in [2.45, 2.75) is 19.9 Å². The Bertz CT molecular complexity index is 1380. The first-order valence-electron chi connectivity index (χ1n) is 11.8. The molecule has 2 aromatic carbocycles. The minimum atomic E-state index is -0.769. The summed E-state index contributed by atoms with van der Waals surface area (Å²) in [7, 11) is 1.44. The molecule has 13 heteroatoms. The van der Waals surface area contributed by atoms with Crippen LogP contribution in [-0.4, -0.2) is 51.1 Å². The Morgan fingerprint density at radius 3 is 2.70 bits per heavy atom. The number of halogens is 2. The maximum Gasteiger partial charge on any atom is 0.338 e. The van der Waals surface area contributed by atoms with E-state index in [1.165, 1.54) is 13.3 Å². The molecule has 3 N–H and O–H groups in total. The monoisotopic (exact) mass is 724 g/mol. The van der Waals surface area contributed by atoms with E-state index in [4.69, 9.17) is 25.4 Å². The van der Waals surface area contributed by atoms with Crippen molar-refractivity contribution in [2.24, 2.45) is 5.10 Å². The molecule has 3 rings (SSSR count). The molecule has 1 aliphatic rings. The number of urea groups is 1. The molecular formula is C27H26BrIN4O7. The minimum absolute atomic E-state index is 0.144. The van der Waals surface area contributed by atoms with Gasteiger partial charge in [0.05, 0.1) is 39.6 Å². The van der Waals surface area contributed by atoms with Crippen molar-refractivity contribution in [1.29, 1.82) is 0 Å². The molecule has 3 amide bonds. The van der Waals surface area contributed by atoms with Crippen LogP contribution >= 0.6 is 38.5 Å². The van der Waals surface area contributed by atoms with Gasteiger partial charge in [-0.1, -0.05) is 12.0 Å². The number of hydrogen-bond acceptors (Lipinski definition) is 8. The standard InChI is InChI=1S/C27H26BrIN4O7/c1-5-9-39-25-18(28)10-16(11-19(25)29)13-30-33-22(34)14-40-20-8-7-17(12-21(20)37-4)24-23(26(35)38-6-2)15(3)31-27(36)32-24/h1,7-8,10-13,24H,6,9,14H2,2-4H3,(H,33,34)(H2,31,32,36)/b30-13-/t24-/m0/s1. The number of terminal acetylenes is 1. The topological polar surface area (TPSA) is 137 Å². The summed E-state index contributed by atoms with van der Waals surface area (Å²) in [5.41, 5.74) is 4.35. The molecule has 1 heterocycles. The number of hydrazone groups is 1. The van der Waals surface area contributed by atoms with Gasteiger partial charge in [-0.2, -0.15) is 5.10 Å². The van der Waals surface area contributed by atoms with E-state index in [9.17, 15) is 14.4 Å². The van der Waals surface area contributed by atoms with E-state index in [0.717, 1.165) is 9.13 Å². The van der Waals surface area contributed by atoms with E-state index in [1.54, 1.807) is 38.1 Å². The molecule has 0 aliphatic carbocycles. The smallest absolute Gasteiger partial charge is 0.338 e. The largest absolute Gasteiger partial charge is 0.493 e. The highest BCUT2D eigenvalue weighted by Crippen LogP contribution is 2.35. The third-order valence-electron chi connectivity index (χ3n) is 5.37. The Morgan fingerprint density at radius 2 is 2.02 bits per heavy atom. The molecule has 40 heavy (non-hydrogen) atoms. The lowest BCUT2D eigenvalue weighted by molar-refractivity contribution is -0.139. The van der Waals surface area contributed by atoms with Crippen molar-refractivity contribution in [2.75, 3.05) is 26.9 Å². The van der Waals surface area contributed by atoms with Crippen LogP contribution in [0.1, 0.15) is 31.0 Å². The lowest BCUT2D eigenvalue weighted by Crippen LogP contribution is -2.45. The van der Waals surface area contributed by atoms with E-state index in [-0.39, 0.29) is 31.1 Å². The van der Waals surface area contributed by atoms with E-state index in [1.807, 2.05) is 6.07 Å². The van der Waals surface area contributed by atoms with Gasteiger partial charge in [-0.3, -0.25) is 4.79 Å². The molecule has 2 aromatic rings. The van der Waals surface area contributed by atoms with Crippen LogP contribution in [0.5, 0.6) is 17.2 Å². The number of esters is 1. The summed E-state index contributed by atoms with van der Waals surface area (Å²) in [6, 6.07) is 7.24. The normalized spacial score (nSPS) is 14.6. The lowest BCUT2D eigenvalue weighted by atomic mass is 9.95. The summed E-state index contributed by atoms with van der Waals surface area (Å²) >= 11 is 5.55. The van der Waals surface area contributed by atoms with Gasteiger partial charge in [-0.25, -0.2) is 15.0 Å². The number of carbonyl (C=O) groups is 3. The van der Waals surface area contributed by atoms with Gasteiger partial charge in [-0.05, 0) is 87.8 Å². The van der Waals surface area contributed by atoms with Gasteiger partial charge in [0.2, 0.25) is 0 Å². The number of amides is 3. The molecule has 0 spiro atoms. The van der Waals surface area contributed by atoms with E-state index in [0.29, 0.717) is 27.2 Å². The second-order valence-electron chi connectivity index (χ2n) is 8.09. The first kappa shape index (κ1) is 30.8. The summed E-state index contributed by atoms with van der Waals surface area (Å²) in [6.45, 7) is 3.31. The summed E-state index contributed by atoms with van der Waals surface area (Å²) in [4.78, 5) is 37.0. The first-order chi connectivity index (χ1) is 19.2. The third kappa shape index (κ3) is 7.89. The molecule has 0 unspecified atom stereocenters. The van der Waals surface area contributed by atoms with Gasteiger partial charge in [0.25, 0.3) is 5.91 Å². The number of allylic oxidation sites excluding steroid dienone is 1. The number of rotatable bonds is 11. The fourth-order valence-electron chi connectivity index (χ4n) is 3.67. The Kier molecular flexibility index (Phi) is 11.2. The Labute approximate surface area is 253 Å². The van der Waals surface area contributed by atoms with Crippen LogP contribution in [0.15, 0.2) is 51.2 Å². The average molecular weight is 725 g/mol. The van der Waals surface area contributed by atoms with Crippen LogP contribution in [0.3, 0.4) is 0 Å². The van der Waals surface area contributed by atoms with E-state index < -0.39 is 23.9 Å². The zero-order valence-corrected chi connectivity index (χ0v) is 25.5. The van der Waals surface area contributed by atoms with Gasteiger partial charge in [0, 0.05) is 5.70 Å². The summed E-state index contributed by atoms with van der Waals surface area (Å²) in [5.74, 6) is 2.57. The average Bonchev–Trinajstić information content (AvgIpc) is 2.91. The van der Waals surface area contributed by atoms with E-state index in [2.05, 4.69) is 65.6 Å². The molecule has 1 atom stereocenters. The second kappa shape index (κ2) is 14.6. The van der Waals surface area contributed by atoms with Crippen molar-refractivity contribution < 1.29 is 33.3 Å². The van der Waals surface area contributed by atoms with Crippen LogP contribution in [0.25, 0.3) is 0 Å². The molecule has 0 aromatic heterocycles. The molecule has 210 valence electrons. The first-order valence-corrected chi connectivity index (χ1v) is 13.7. The zero-order chi connectivity index (χ0) is 29.2. The summed E-state index contributed by atoms with van der Waals surface area (Å²) < 4.78 is 23.2. The minimum Gasteiger partial charge on any atom is -0.493 e. The van der Waals surface area contributed by atoms with Crippen molar-refractivity contribution in [3.05, 3.63) is 60.8 Å². The third-order valence-corrected chi connectivity index (χ3v) is 6.76. The van der Waals surface area contributed by atoms with Crippen molar-refractivity contribution in [1.82, 2.24) is 16.1 Å². The molecule has 0 saturated heterocycles. The fourth-order valence-corrected chi connectivity index (χ4v) is 5.44. The molecule has 0 fully saturated rings. The SMILES string of the molecule is C#CCOc1c(Br)cc(/C=N\NC(=O)COc2ccc([C@@H]3NC(=O)NC(C)=C3C(=O)OCC)cc2OC)cc1I. The highest BCUT2D eigenvalue weighted by Gasteiger charge is 2.32. The summed E-state index contributed by atoms with van der Waals surface area (Å²) in [6.07, 6.45) is 6.73. The summed E-state index contributed by atoms with van der Waals surface area (Å²) in [5, 5.41) is 9.28. The van der Waals surface area contributed by atoms with Crippen LogP contribution in [-0.2, 0) is 14.3 Å². The molecule has 0 bridgehead atoms. The number of hydrogen-bond donors (Lipinski definition) is 3. The quantitative estimate of drug-likeness (QED) is 0.106. The molecular weight excluding hydrogens is 699 g/mol. The number of nitrogens with one attached hydrogen (secondary N) is 3. The van der Waals surface area contributed by atoms with Gasteiger partial charge in [0.15, 0.2) is 18.1 Å². The zero-order valence-electron chi connectivity index (χ0n) is 21.8. The second-order valence-corrected chi connectivity index (χ2v) is 10.1. The Hall–Kier alpha value is -3.77. The maximum absolute atomic E-state index is 12.6. The maximum atomic E-state index is 12.6. The van der Waals surface area contributed by atoms with Crippen molar-refractivity contribution >= 4 is 62.6 Å². The number of benzene rings is 2. The van der Waals surface area contributed by atoms with Crippen molar-refractivity contribution in [3.8, 4) is 29.6 Å². The van der Waals surface area contributed by atoms with Crippen molar-refractivity contribution in [3.63, 3.8) is 0 Å². The molecule has 1 aliphatic heterocycles. The van der Waals surface area contributed by atoms with Crippen LogP contribution in [0.4, 0.5) is 4.79 Å². The number of carbonyl (C=O) groups excluding carboxylic acids is 3. The van der Waals surface area contributed by atoms with Crippen LogP contribution in [0, 0.1) is 15.9 Å². The van der Waals surface area contributed by atoms with Gasteiger partial charge in [-0.15, -0.1) is 6.42 Å². The predicted octanol–water partition coefficient (Wildman–Crippen LogP) is 3.79.